The quantitative estimate of drug-likeness (QED) is 0.764. The van der Waals surface area contributed by atoms with E-state index in [0.29, 0.717) is 22.0 Å². The van der Waals surface area contributed by atoms with Crippen LogP contribution in [0, 0.1) is 5.82 Å². The summed E-state index contributed by atoms with van der Waals surface area (Å²) in [5.41, 5.74) is 1.07. The fourth-order valence-electron chi connectivity index (χ4n) is 2.14. The zero-order valence-electron chi connectivity index (χ0n) is 9.99. The van der Waals surface area contributed by atoms with E-state index in [1.807, 2.05) is 6.07 Å². The summed E-state index contributed by atoms with van der Waals surface area (Å²) in [5.74, 6) is -0.300. The number of halogens is 1. The van der Waals surface area contributed by atoms with Crippen molar-refractivity contribution in [2.75, 3.05) is 0 Å². The average Bonchev–Trinajstić information content (AvgIpc) is 2.48. The second kappa shape index (κ2) is 4.74. The van der Waals surface area contributed by atoms with Gasteiger partial charge in [0.25, 0.3) is 0 Å². The van der Waals surface area contributed by atoms with Gasteiger partial charge in [-0.3, -0.25) is 9.97 Å². The minimum Gasteiger partial charge on any atom is -0.382 e. The third-order valence-corrected chi connectivity index (χ3v) is 3.06. The van der Waals surface area contributed by atoms with Crippen LogP contribution >= 0.6 is 0 Å². The lowest BCUT2D eigenvalue weighted by Crippen LogP contribution is -2.03. The monoisotopic (exact) mass is 254 g/mol. The van der Waals surface area contributed by atoms with Gasteiger partial charge >= 0.3 is 0 Å². The van der Waals surface area contributed by atoms with Crippen LogP contribution in [-0.2, 0) is 0 Å². The number of hydrogen-bond acceptors (Lipinski definition) is 3. The number of aromatic nitrogens is 2. The van der Waals surface area contributed by atoms with Crippen molar-refractivity contribution < 1.29 is 9.50 Å². The molecule has 0 radical (unpaired) electrons. The van der Waals surface area contributed by atoms with E-state index in [4.69, 9.17) is 0 Å². The molecule has 94 valence electrons. The molecule has 1 unspecified atom stereocenters. The summed E-state index contributed by atoms with van der Waals surface area (Å²) < 4.78 is 13.7. The molecule has 1 atom stereocenters. The second-order valence-electron chi connectivity index (χ2n) is 4.22. The lowest BCUT2D eigenvalue weighted by Gasteiger charge is -2.13. The number of rotatable bonds is 2. The highest BCUT2D eigenvalue weighted by Gasteiger charge is 2.16. The van der Waals surface area contributed by atoms with Gasteiger partial charge < -0.3 is 5.11 Å². The standard InChI is InChI=1S/C15H11FN2O/c16-13-6-5-12(10-3-1-2-4-11(10)13)15(19)14-9-17-7-8-18-14/h1-9,15,19H. The van der Waals surface area contributed by atoms with Crippen molar-refractivity contribution in [1.29, 1.82) is 0 Å². The molecule has 0 bridgehead atoms. The van der Waals surface area contributed by atoms with Crippen LogP contribution in [0.4, 0.5) is 4.39 Å². The average molecular weight is 254 g/mol. The van der Waals surface area contributed by atoms with Crippen molar-refractivity contribution in [2.45, 2.75) is 6.10 Å². The lowest BCUT2D eigenvalue weighted by molar-refractivity contribution is 0.216. The van der Waals surface area contributed by atoms with Crippen molar-refractivity contribution in [3.8, 4) is 0 Å². The molecule has 2 aromatic carbocycles. The minimum absolute atomic E-state index is 0.300. The fourth-order valence-corrected chi connectivity index (χ4v) is 2.14. The van der Waals surface area contributed by atoms with Crippen LogP contribution in [-0.4, -0.2) is 15.1 Å². The molecule has 0 fully saturated rings. The molecular weight excluding hydrogens is 243 g/mol. The smallest absolute Gasteiger partial charge is 0.131 e. The first-order valence-electron chi connectivity index (χ1n) is 5.88. The predicted molar refractivity (Wildman–Crippen MR) is 70.0 cm³/mol. The SMILES string of the molecule is OC(c1cnccn1)c1ccc(F)c2ccccc12. The highest BCUT2D eigenvalue weighted by atomic mass is 19.1. The molecule has 0 aliphatic rings. The number of hydrogen-bond donors (Lipinski definition) is 1. The first-order valence-corrected chi connectivity index (χ1v) is 5.88. The van der Waals surface area contributed by atoms with E-state index in [-0.39, 0.29) is 5.82 Å². The Labute approximate surface area is 109 Å². The first-order chi connectivity index (χ1) is 9.27. The number of aliphatic hydroxyl groups excluding tert-OH is 1. The summed E-state index contributed by atoms with van der Waals surface area (Å²) in [5, 5.41) is 11.5. The normalized spacial score (nSPS) is 12.5. The molecule has 4 heteroatoms. The number of nitrogens with zero attached hydrogens (tertiary/aromatic N) is 2. The Morgan fingerprint density at radius 3 is 2.53 bits per heavy atom. The first kappa shape index (κ1) is 11.7. The molecule has 0 saturated heterocycles. The molecule has 0 saturated carbocycles. The Morgan fingerprint density at radius 2 is 1.79 bits per heavy atom. The zero-order valence-corrected chi connectivity index (χ0v) is 9.99. The molecular formula is C15H11FN2O. The van der Waals surface area contributed by atoms with Gasteiger partial charge in [0.2, 0.25) is 0 Å². The van der Waals surface area contributed by atoms with E-state index in [9.17, 15) is 9.50 Å². The van der Waals surface area contributed by atoms with Crippen LogP contribution in [0.3, 0.4) is 0 Å². The summed E-state index contributed by atoms with van der Waals surface area (Å²) in [4.78, 5) is 8.01. The van der Waals surface area contributed by atoms with Crippen molar-refractivity contribution >= 4 is 10.8 Å². The van der Waals surface area contributed by atoms with Crippen LogP contribution < -0.4 is 0 Å². The summed E-state index contributed by atoms with van der Waals surface area (Å²) >= 11 is 0. The van der Waals surface area contributed by atoms with Gasteiger partial charge in [-0.05, 0) is 17.0 Å². The van der Waals surface area contributed by atoms with Crippen molar-refractivity contribution in [3.63, 3.8) is 0 Å². The topological polar surface area (TPSA) is 46.0 Å². The molecule has 3 rings (SSSR count). The summed E-state index contributed by atoms with van der Waals surface area (Å²) in [6.07, 6.45) is 3.64. The van der Waals surface area contributed by atoms with Gasteiger partial charge in [0.05, 0.1) is 11.9 Å². The maximum atomic E-state index is 13.7. The van der Waals surface area contributed by atoms with Crippen LogP contribution in [0.5, 0.6) is 0 Å². The summed E-state index contributed by atoms with van der Waals surface area (Å²) in [6, 6.07) is 10.00. The highest BCUT2D eigenvalue weighted by molar-refractivity contribution is 5.86. The van der Waals surface area contributed by atoms with Crippen molar-refractivity contribution in [1.82, 2.24) is 9.97 Å². The lowest BCUT2D eigenvalue weighted by atomic mass is 9.98. The molecule has 0 aliphatic heterocycles. The van der Waals surface area contributed by atoms with E-state index in [2.05, 4.69) is 9.97 Å². The summed E-state index contributed by atoms with van der Waals surface area (Å²) in [7, 11) is 0. The fraction of sp³-hybridized carbons (Fsp3) is 0.0667. The van der Waals surface area contributed by atoms with Gasteiger partial charge in [-0.15, -0.1) is 0 Å². The van der Waals surface area contributed by atoms with E-state index >= 15 is 0 Å². The van der Waals surface area contributed by atoms with Gasteiger partial charge in [0.15, 0.2) is 0 Å². The van der Waals surface area contributed by atoms with Gasteiger partial charge in [-0.25, -0.2) is 4.39 Å². The van der Waals surface area contributed by atoms with Crippen LogP contribution in [0.25, 0.3) is 10.8 Å². The Kier molecular flexibility index (Phi) is 2.93. The second-order valence-corrected chi connectivity index (χ2v) is 4.22. The molecule has 1 aromatic heterocycles. The van der Waals surface area contributed by atoms with Gasteiger partial charge in [0.1, 0.15) is 11.9 Å². The molecule has 0 spiro atoms. The Balaban J connectivity index is 2.18. The molecule has 3 nitrogen and oxygen atoms in total. The maximum absolute atomic E-state index is 13.7. The van der Waals surface area contributed by atoms with Crippen LogP contribution in [0.15, 0.2) is 55.0 Å². The van der Waals surface area contributed by atoms with Crippen molar-refractivity contribution in [3.05, 3.63) is 72.1 Å². The number of aliphatic hydroxyl groups is 1. The van der Waals surface area contributed by atoms with Crippen LogP contribution in [0.1, 0.15) is 17.4 Å². The molecule has 1 N–H and O–H groups in total. The van der Waals surface area contributed by atoms with E-state index in [1.165, 1.54) is 18.5 Å². The van der Waals surface area contributed by atoms with Crippen LogP contribution in [0.2, 0.25) is 0 Å². The number of benzene rings is 2. The Morgan fingerprint density at radius 1 is 1.00 bits per heavy atom. The third-order valence-electron chi connectivity index (χ3n) is 3.06. The van der Waals surface area contributed by atoms with E-state index in [1.54, 1.807) is 30.5 Å². The predicted octanol–water partition coefficient (Wildman–Crippen LogP) is 2.85. The number of fused-ring (bicyclic) bond motifs is 1. The van der Waals surface area contributed by atoms with E-state index < -0.39 is 6.10 Å². The largest absolute Gasteiger partial charge is 0.382 e. The maximum Gasteiger partial charge on any atom is 0.131 e. The summed E-state index contributed by atoms with van der Waals surface area (Å²) in [6.45, 7) is 0. The zero-order chi connectivity index (χ0) is 13.2. The van der Waals surface area contributed by atoms with Gasteiger partial charge in [0, 0.05) is 17.8 Å². The highest BCUT2D eigenvalue weighted by Crippen LogP contribution is 2.29. The Bertz CT molecular complexity index is 716. The molecule has 19 heavy (non-hydrogen) atoms. The van der Waals surface area contributed by atoms with Gasteiger partial charge in [-0.1, -0.05) is 30.3 Å². The molecule has 3 aromatic rings. The molecule has 1 heterocycles. The van der Waals surface area contributed by atoms with Gasteiger partial charge in [-0.2, -0.15) is 0 Å². The van der Waals surface area contributed by atoms with Crippen molar-refractivity contribution in [2.24, 2.45) is 0 Å². The minimum atomic E-state index is -0.917. The van der Waals surface area contributed by atoms with E-state index in [0.717, 1.165) is 0 Å². The third kappa shape index (κ3) is 2.06. The Hall–Kier alpha value is -2.33. The molecule has 0 amide bonds. The molecule has 0 aliphatic carbocycles.